The molecule has 142 valence electrons. The maximum atomic E-state index is 12.6. The monoisotopic (exact) mass is 459 g/mol. The summed E-state index contributed by atoms with van der Waals surface area (Å²) < 4.78 is 0.896. The largest absolute Gasteiger partial charge is 0.397 e. The molecule has 0 saturated carbocycles. The van der Waals surface area contributed by atoms with Gasteiger partial charge in [-0.3, -0.25) is 9.69 Å². The van der Waals surface area contributed by atoms with E-state index in [2.05, 4.69) is 32.2 Å². The van der Waals surface area contributed by atoms with Crippen molar-refractivity contribution in [3.05, 3.63) is 57.6 Å². The fourth-order valence-corrected chi connectivity index (χ4v) is 3.63. The van der Waals surface area contributed by atoms with Crippen LogP contribution in [0.4, 0.5) is 11.4 Å². The van der Waals surface area contributed by atoms with Gasteiger partial charge in [0.1, 0.15) is 0 Å². The number of benzene rings is 2. The lowest BCUT2D eigenvalue weighted by molar-refractivity contribution is 0.102. The van der Waals surface area contributed by atoms with Crippen LogP contribution in [0, 0.1) is 6.92 Å². The first-order valence-corrected chi connectivity index (χ1v) is 9.00. The molecule has 1 amide bonds. The van der Waals surface area contributed by atoms with Gasteiger partial charge in [0.2, 0.25) is 0 Å². The van der Waals surface area contributed by atoms with Gasteiger partial charge in [-0.05, 0) is 68.2 Å². The number of nitrogens with zero attached hydrogens (tertiary/aromatic N) is 1. The van der Waals surface area contributed by atoms with Crippen molar-refractivity contribution >= 4 is 58.0 Å². The number of rotatable bonds is 4. The fourth-order valence-electron chi connectivity index (χ4n) is 3.06. The first-order chi connectivity index (χ1) is 11.5. The van der Waals surface area contributed by atoms with Gasteiger partial charge < -0.3 is 11.1 Å². The Morgan fingerprint density at radius 2 is 1.88 bits per heavy atom. The summed E-state index contributed by atoms with van der Waals surface area (Å²) in [5.74, 6) is -0.137. The van der Waals surface area contributed by atoms with Gasteiger partial charge in [-0.15, -0.1) is 24.8 Å². The van der Waals surface area contributed by atoms with Crippen molar-refractivity contribution in [2.75, 3.05) is 24.1 Å². The number of hydrogen-bond acceptors (Lipinski definition) is 3. The van der Waals surface area contributed by atoms with Gasteiger partial charge in [0.15, 0.2) is 0 Å². The van der Waals surface area contributed by atoms with E-state index in [0.717, 1.165) is 29.7 Å². The highest BCUT2D eigenvalue weighted by Crippen LogP contribution is 2.28. The smallest absolute Gasteiger partial charge is 0.255 e. The summed E-state index contributed by atoms with van der Waals surface area (Å²) in [7, 11) is 0. The van der Waals surface area contributed by atoms with Crippen LogP contribution in [0.2, 0.25) is 0 Å². The minimum atomic E-state index is -0.137. The molecule has 1 saturated heterocycles. The summed E-state index contributed by atoms with van der Waals surface area (Å²) >= 11 is 3.44. The number of likely N-dealkylation sites (tertiary alicyclic amines) is 1. The molecule has 7 heteroatoms. The van der Waals surface area contributed by atoms with E-state index in [4.69, 9.17) is 5.73 Å². The highest BCUT2D eigenvalue weighted by Gasteiger charge is 2.14. The van der Waals surface area contributed by atoms with E-state index in [-0.39, 0.29) is 30.7 Å². The predicted octanol–water partition coefficient (Wildman–Crippen LogP) is 5.03. The maximum Gasteiger partial charge on any atom is 0.255 e. The van der Waals surface area contributed by atoms with Crippen LogP contribution in [0.5, 0.6) is 0 Å². The molecule has 0 radical (unpaired) electrons. The Labute approximate surface area is 175 Å². The molecule has 26 heavy (non-hydrogen) atoms. The number of aryl methyl sites for hydroxylation is 1. The number of carbonyl (C=O) groups is 1. The van der Waals surface area contributed by atoms with Crippen molar-refractivity contribution in [2.45, 2.75) is 26.3 Å². The van der Waals surface area contributed by atoms with Crippen molar-refractivity contribution < 1.29 is 4.79 Å². The van der Waals surface area contributed by atoms with E-state index in [9.17, 15) is 4.79 Å². The molecule has 3 N–H and O–H groups in total. The third-order valence-corrected chi connectivity index (χ3v) is 4.85. The summed E-state index contributed by atoms with van der Waals surface area (Å²) in [6.45, 7) is 5.11. The molecule has 4 nitrogen and oxygen atoms in total. The highest BCUT2D eigenvalue weighted by atomic mass is 79.9. The average molecular weight is 461 g/mol. The predicted molar refractivity (Wildman–Crippen MR) is 117 cm³/mol. The molecule has 2 aromatic rings. The zero-order valence-electron chi connectivity index (χ0n) is 14.6. The third kappa shape index (κ3) is 5.61. The Morgan fingerprint density at radius 3 is 2.58 bits per heavy atom. The van der Waals surface area contributed by atoms with E-state index in [1.54, 1.807) is 0 Å². The Kier molecular flexibility index (Phi) is 8.90. The average Bonchev–Trinajstić information content (AvgIpc) is 3.05. The van der Waals surface area contributed by atoms with Gasteiger partial charge in [-0.25, -0.2) is 0 Å². The van der Waals surface area contributed by atoms with E-state index in [0.29, 0.717) is 16.9 Å². The van der Waals surface area contributed by atoms with Gasteiger partial charge in [0, 0.05) is 16.6 Å². The SMILES string of the molecule is Cc1cc(Br)cc(NC(=O)c2cccc(CN3CCCC3)c2)c1N.Cl.Cl. The number of amides is 1. The topological polar surface area (TPSA) is 58.4 Å². The minimum absolute atomic E-state index is 0. The van der Waals surface area contributed by atoms with Crippen LogP contribution in [0.3, 0.4) is 0 Å². The van der Waals surface area contributed by atoms with Crippen molar-refractivity contribution in [3.8, 4) is 0 Å². The number of carbonyl (C=O) groups excluding carboxylic acids is 1. The van der Waals surface area contributed by atoms with Crippen molar-refractivity contribution in [3.63, 3.8) is 0 Å². The summed E-state index contributed by atoms with van der Waals surface area (Å²) in [5.41, 5.74) is 10.1. The standard InChI is InChI=1S/C19H22BrN3O.2ClH/c1-13-9-16(20)11-17(18(13)21)22-19(24)15-6-4-5-14(10-15)12-23-7-2-3-8-23;;/h4-6,9-11H,2-3,7-8,12,21H2,1H3,(H,22,24);2*1H. The summed E-state index contributed by atoms with van der Waals surface area (Å²) in [5, 5.41) is 2.92. The third-order valence-electron chi connectivity index (χ3n) is 4.39. The molecular weight excluding hydrogens is 437 g/mol. The molecule has 1 aliphatic rings. The van der Waals surface area contributed by atoms with Crippen LogP contribution in [0.1, 0.15) is 34.3 Å². The Bertz CT molecular complexity index is 764. The lowest BCUT2D eigenvalue weighted by atomic mass is 10.1. The zero-order valence-corrected chi connectivity index (χ0v) is 17.8. The van der Waals surface area contributed by atoms with Crippen molar-refractivity contribution in [1.29, 1.82) is 0 Å². The van der Waals surface area contributed by atoms with Crippen LogP contribution in [0.25, 0.3) is 0 Å². The van der Waals surface area contributed by atoms with E-state index < -0.39 is 0 Å². The number of nitrogens with one attached hydrogen (secondary N) is 1. The lowest BCUT2D eigenvalue weighted by Crippen LogP contribution is -2.19. The fraction of sp³-hybridized carbons (Fsp3) is 0.316. The van der Waals surface area contributed by atoms with Crippen LogP contribution in [-0.4, -0.2) is 23.9 Å². The zero-order chi connectivity index (χ0) is 17.1. The van der Waals surface area contributed by atoms with E-state index in [1.807, 2.05) is 37.3 Å². The number of nitrogen functional groups attached to an aromatic ring is 1. The number of nitrogens with two attached hydrogens (primary N) is 1. The van der Waals surface area contributed by atoms with Crippen LogP contribution in [0.15, 0.2) is 40.9 Å². The second-order valence-corrected chi connectivity index (χ2v) is 7.24. The molecule has 1 fully saturated rings. The lowest BCUT2D eigenvalue weighted by Gasteiger charge is -2.15. The Hall–Kier alpha value is -1.27. The summed E-state index contributed by atoms with van der Waals surface area (Å²) in [6.07, 6.45) is 2.53. The van der Waals surface area contributed by atoms with Gasteiger partial charge >= 0.3 is 0 Å². The normalized spacial score (nSPS) is 13.6. The second-order valence-electron chi connectivity index (χ2n) is 6.32. The van der Waals surface area contributed by atoms with Gasteiger partial charge in [-0.2, -0.15) is 0 Å². The Morgan fingerprint density at radius 1 is 1.19 bits per heavy atom. The minimum Gasteiger partial charge on any atom is -0.397 e. The Balaban J connectivity index is 0.00000169. The summed E-state index contributed by atoms with van der Waals surface area (Å²) in [6, 6.07) is 11.6. The molecular formula is C19H24BrCl2N3O. The van der Waals surface area contributed by atoms with Crippen molar-refractivity contribution in [1.82, 2.24) is 4.90 Å². The molecule has 1 aliphatic heterocycles. The van der Waals surface area contributed by atoms with E-state index in [1.165, 1.54) is 18.4 Å². The summed E-state index contributed by atoms with van der Waals surface area (Å²) in [4.78, 5) is 15.0. The van der Waals surface area contributed by atoms with Crippen LogP contribution < -0.4 is 11.1 Å². The number of hydrogen-bond donors (Lipinski definition) is 2. The van der Waals surface area contributed by atoms with Crippen molar-refractivity contribution in [2.24, 2.45) is 0 Å². The molecule has 2 aromatic carbocycles. The van der Waals surface area contributed by atoms with Crippen LogP contribution >= 0.6 is 40.7 Å². The molecule has 0 spiro atoms. The molecule has 0 bridgehead atoms. The quantitative estimate of drug-likeness (QED) is 0.629. The number of anilines is 2. The first kappa shape index (κ1) is 22.8. The van der Waals surface area contributed by atoms with Gasteiger partial charge in [0.05, 0.1) is 11.4 Å². The highest BCUT2D eigenvalue weighted by molar-refractivity contribution is 9.10. The van der Waals surface area contributed by atoms with Gasteiger partial charge in [-0.1, -0.05) is 28.1 Å². The molecule has 0 atom stereocenters. The molecule has 0 unspecified atom stereocenters. The van der Waals surface area contributed by atoms with Crippen LogP contribution in [-0.2, 0) is 6.54 Å². The molecule has 1 heterocycles. The molecule has 0 aromatic heterocycles. The maximum absolute atomic E-state index is 12.6. The van der Waals surface area contributed by atoms with E-state index >= 15 is 0 Å². The second kappa shape index (κ2) is 10.2. The first-order valence-electron chi connectivity index (χ1n) is 8.21. The van der Waals surface area contributed by atoms with Gasteiger partial charge in [0.25, 0.3) is 5.91 Å². The molecule has 0 aliphatic carbocycles. The molecule has 3 rings (SSSR count). The number of halogens is 3.